The summed E-state index contributed by atoms with van der Waals surface area (Å²) in [6.07, 6.45) is 7.18. The summed E-state index contributed by atoms with van der Waals surface area (Å²) in [5.41, 5.74) is 0.829. The number of hydrogen-bond donors (Lipinski definition) is 1. The Labute approximate surface area is 150 Å². The van der Waals surface area contributed by atoms with Crippen molar-refractivity contribution in [1.29, 1.82) is 0 Å². The number of para-hydroxylation sites is 1. The first-order valence-electron chi connectivity index (χ1n) is 9.61. The van der Waals surface area contributed by atoms with Gasteiger partial charge in [0, 0.05) is 38.3 Å². The molecule has 1 aromatic carbocycles. The maximum absolute atomic E-state index is 12.4. The van der Waals surface area contributed by atoms with Crippen LogP contribution in [-0.2, 0) is 4.79 Å². The van der Waals surface area contributed by atoms with Crippen molar-refractivity contribution in [2.24, 2.45) is 5.92 Å². The third-order valence-corrected chi connectivity index (χ3v) is 5.31. The molecule has 1 aromatic rings. The predicted octanol–water partition coefficient (Wildman–Crippen LogP) is 3.72. The molecule has 0 bridgehead atoms. The first-order valence-corrected chi connectivity index (χ1v) is 9.61. The average Bonchev–Trinajstić information content (AvgIpc) is 2.68. The zero-order chi connectivity index (χ0) is 17.5. The molecule has 1 N–H and O–H groups in total. The lowest BCUT2D eigenvalue weighted by Gasteiger charge is -2.33. The van der Waals surface area contributed by atoms with Gasteiger partial charge in [0.2, 0.25) is 5.91 Å². The van der Waals surface area contributed by atoms with Gasteiger partial charge in [0.15, 0.2) is 0 Å². The van der Waals surface area contributed by atoms with Gasteiger partial charge in [-0.15, -0.1) is 0 Å². The van der Waals surface area contributed by atoms with Crippen molar-refractivity contribution in [3.63, 3.8) is 0 Å². The molecule has 5 nitrogen and oxygen atoms in total. The van der Waals surface area contributed by atoms with Gasteiger partial charge in [0.05, 0.1) is 0 Å². The summed E-state index contributed by atoms with van der Waals surface area (Å²) in [5, 5.41) is 2.96. The van der Waals surface area contributed by atoms with Crippen LogP contribution in [-0.4, -0.2) is 47.9 Å². The third kappa shape index (κ3) is 5.21. The van der Waals surface area contributed by atoms with Gasteiger partial charge >= 0.3 is 6.03 Å². The zero-order valence-electron chi connectivity index (χ0n) is 15.0. The first-order chi connectivity index (χ1) is 12.2. The number of carbonyl (C=O) groups is 2. The molecular formula is C20H29N3O2. The first kappa shape index (κ1) is 17.8. The van der Waals surface area contributed by atoms with E-state index < -0.39 is 0 Å². The molecule has 136 valence electrons. The molecule has 0 radical (unpaired) electrons. The molecule has 0 aromatic heterocycles. The molecule has 5 heteroatoms. The van der Waals surface area contributed by atoms with Crippen LogP contribution in [0.25, 0.3) is 0 Å². The molecule has 2 heterocycles. The van der Waals surface area contributed by atoms with E-state index in [0.29, 0.717) is 18.2 Å². The van der Waals surface area contributed by atoms with Gasteiger partial charge < -0.3 is 15.1 Å². The molecule has 3 amide bonds. The lowest BCUT2D eigenvalue weighted by molar-refractivity contribution is -0.132. The maximum atomic E-state index is 12.4. The Bertz CT molecular complexity index is 570. The van der Waals surface area contributed by atoms with Crippen LogP contribution in [0, 0.1) is 5.92 Å². The van der Waals surface area contributed by atoms with Crippen molar-refractivity contribution in [3.05, 3.63) is 30.3 Å². The minimum atomic E-state index is -0.0294. The second kappa shape index (κ2) is 8.88. The molecule has 0 aliphatic carbocycles. The fourth-order valence-electron chi connectivity index (χ4n) is 3.84. The van der Waals surface area contributed by atoms with E-state index in [4.69, 9.17) is 0 Å². The standard InChI is InChI=1S/C20H29N3O2/c24-19(22-13-5-2-6-14-22)12-11-17-8-7-15-23(16-17)20(25)21-18-9-3-1-4-10-18/h1,3-4,9-10,17H,2,5-8,11-16H2,(H,21,25). The maximum Gasteiger partial charge on any atom is 0.321 e. The highest BCUT2D eigenvalue weighted by Crippen LogP contribution is 2.23. The molecule has 2 aliphatic rings. The van der Waals surface area contributed by atoms with Gasteiger partial charge in [0.1, 0.15) is 0 Å². The highest BCUT2D eigenvalue weighted by atomic mass is 16.2. The summed E-state index contributed by atoms with van der Waals surface area (Å²) in [6, 6.07) is 9.54. The molecule has 0 saturated carbocycles. The number of carbonyl (C=O) groups excluding carboxylic acids is 2. The number of nitrogens with zero attached hydrogens (tertiary/aromatic N) is 2. The second-order valence-electron chi connectivity index (χ2n) is 7.23. The Balaban J connectivity index is 1.44. The van der Waals surface area contributed by atoms with E-state index in [1.165, 1.54) is 6.42 Å². The molecule has 1 unspecified atom stereocenters. The number of nitrogens with one attached hydrogen (secondary N) is 1. The Morgan fingerprint density at radius 1 is 0.960 bits per heavy atom. The molecular weight excluding hydrogens is 314 g/mol. The molecule has 2 aliphatic heterocycles. The van der Waals surface area contributed by atoms with Crippen LogP contribution in [0.5, 0.6) is 0 Å². The largest absolute Gasteiger partial charge is 0.343 e. The van der Waals surface area contributed by atoms with E-state index in [1.54, 1.807) is 0 Å². The number of benzene rings is 1. The summed E-state index contributed by atoms with van der Waals surface area (Å²) >= 11 is 0. The van der Waals surface area contributed by atoms with Crippen LogP contribution in [0.4, 0.5) is 10.5 Å². The van der Waals surface area contributed by atoms with E-state index in [2.05, 4.69) is 5.32 Å². The molecule has 0 spiro atoms. The number of piperidine rings is 2. The second-order valence-corrected chi connectivity index (χ2v) is 7.23. The molecule has 1 atom stereocenters. The number of urea groups is 1. The van der Waals surface area contributed by atoms with E-state index in [1.807, 2.05) is 40.1 Å². The van der Waals surface area contributed by atoms with Crippen molar-refractivity contribution >= 4 is 17.6 Å². The molecule has 3 rings (SSSR count). The number of amides is 3. The minimum Gasteiger partial charge on any atom is -0.343 e. The van der Waals surface area contributed by atoms with Gasteiger partial charge in [-0.1, -0.05) is 18.2 Å². The SMILES string of the molecule is O=C(CCC1CCCN(C(=O)Nc2ccccc2)C1)N1CCCCC1. The summed E-state index contributed by atoms with van der Waals surface area (Å²) in [4.78, 5) is 28.7. The highest BCUT2D eigenvalue weighted by molar-refractivity contribution is 5.89. The number of anilines is 1. The predicted molar refractivity (Wildman–Crippen MR) is 99.4 cm³/mol. The van der Waals surface area contributed by atoms with Gasteiger partial charge in [-0.2, -0.15) is 0 Å². The van der Waals surface area contributed by atoms with Crippen molar-refractivity contribution in [2.75, 3.05) is 31.5 Å². The van der Waals surface area contributed by atoms with Crippen LogP contribution >= 0.6 is 0 Å². The average molecular weight is 343 g/mol. The van der Waals surface area contributed by atoms with E-state index in [-0.39, 0.29) is 6.03 Å². The van der Waals surface area contributed by atoms with E-state index in [9.17, 15) is 9.59 Å². The summed E-state index contributed by atoms with van der Waals surface area (Å²) in [7, 11) is 0. The Hall–Kier alpha value is -2.04. The Kier molecular flexibility index (Phi) is 6.31. The molecule has 2 saturated heterocycles. The van der Waals surface area contributed by atoms with Crippen LogP contribution < -0.4 is 5.32 Å². The fourth-order valence-corrected chi connectivity index (χ4v) is 3.84. The number of hydrogen-bond acceptors (Lipinski definition) is 2. The normalized spacial score (nSPS) is 21.0. The lowest BCUT2D eigenvalue weighted by Crippen LogP contribution is -2.42. The minimum absolute atomic E-state index is 0.0294. The number of rotatable bonds is 4. The van der Waals surface area contributed by atoms with Crippen molar-refractivity contribution in [2.45, 2.75) is 44.9 Å². The summed E-state index contributed by atoms with van der Waals surface area (Å²) in [6.45, 7) is 3.41. The van der Waals surface area contributed by atoms with Gasteiger partial charge in [-0.25, -0.2) is 4.79 Å². The van der Waals surface area contributed by atoms with Crippen LogP contribution in [0.3, 0.4) is 0 Å². The quantitative estimate of drug-likeness (QED) is 0.906. The van der Waals surface area contributed by atoms with Gasteiger partial charge in [-0.05, 0) is 56.6 Å². The highest BCUT2D eigenvalue weighted by Gasteiger charge is 2.25. The van der Waals surface area contributed by atoms with Gasteiger partial charge in [-0.3, -0.25) is 4.79 Å². The van der Waals surface area contributed by atoms with Gasteiger partial charge in [0.25, 0.3) is 0 Å². The van der Waals surface area contributed by atoms with Crippen LogP contribution in [0.2, 0.25) is 0 Å². The molecule has 2 fully saturated rings. The Morgan fingerprint density at radius 2 is 1.68 bits per heavy atom. The third-order valence-electron chi connectivity index (χ3n) is 5.31. The van der Waals surface area contributed by atoms with E-state index in [0.717, 1.165) is 64.0 Å². The van der Waals surface area contributed by atoms with Crippen LogP contribution in [0.15, 0.2) is 30.3 Å². The van der Waals surface area contributed by atoms with Crippen molar-refractivity contribution in [1.82, 2.24) is 9.80 Å². The van der Waals surface area contributed by atoms with Crippen molar-refractivity contribution < 1.29 is 9.59 Å². The summed E-state index contributed by atoms with van der Waals surface area (Å²) in [5.74, 6) is 0.731. The smallest absolute Gasteiger partial charge is 0.321 e. The lowest BCUT2D eigenvalue weighted by atomic mass is 9.93. The van der Waals surface area contributed by atoms with E-state index >= 15 is 0 Å². The number of likely N-dealkylation sites (tertiary alicyclic amines) is 2. The van der Waals surface area contributed by atoms with Crippen molar-refractivity contribution in [3.8, 4) is 0 Å². The monoisotopic (exact) mass is 343 g/mol. The Morgan fingerprint density at radius 3 is 2.44 bits per heavy atom. The zero-order valence-corrected chi connectivity index (χ0v) is 15.0. The molecule has 25 heavy (non-hydrogen) atoms. The fraction of sp³-hybridized carbons (Fsp3) is 0.600. The topological polar surface area (TPSA) is 52.7 Å². The summed E-state index contributed by atoms with van der Waals surface area (Å²) < 4.78 is 0. The van der Waals surface area contributed by atoms with Crippen LogP contribution in [0.1, 0.15) is 44.9 Å².